The Morgan fingerprint density at radius 2 is 1.74 bits per heavy atom. The molecule has 27 heavy (non-hydrogen) atoms. The fourth-order valence-corrected chi connectivity index (χ4v) is 2.18. The normalized spacial score (nSPS) is 11.1. The number of rotatable bonds is 4. The second kappa shape index (κ2) is 7.40. The maximum atomic E-state index is 13.5. The highest BCUT2D eigenvalue weighted by Gasteiger charge is 2.30. The maximum absolute atomic E-state index is 13.5. The Bertz CT molecular complexity index is 958. The lowest BCUT2D eigenvalue weighted by molar-refractivity contribution is -0.137. The first-order chi connectivity index (χ1) is 12.8. The molecule has 0 radical (unpaired) electrons. The van der Waals surface area contributed by atoms with Gasteiger partial charge < -0.3 is 10.6 Å². The van der Waals surface area contributed by atoms with Crippen LogP contribution in [0.5, 0.6) is 0 Å². The molecule has 9 heteroatoms. The number of carbonyl (C=O) groups is 1. The van der Waals surface area contributed by atoms with Crippen molar-refractivity contribution in [3.63, 3.8) is 0 Å². The number of halogens is 4. The minimum atomic E-state index is -4.46. The molecule has 0 aliphatic heterocycles. The van der Waals surface area contributed by atoms with Crippen molar-refractivity contribution in [2.24, 2.45) is 0 Å². The van der Waals surface area contributed by atoms with Crippen LogP contribution in [-0.2, 0) is 6.18 Å². The molecule has 0 saturated carbocycles. The van der Waals surface area contributed by atoms with Crippen molar-refractivity contribution in [1.82, 2.24) is 9.97 Å². The molecule has 2 N–H and O–H groups in total. The molecule has 3 rings (SSSR count). The van der Waals surface area contributed by atoms with Crippen LogP contribution in [0.4, 0.5) is 34.8 Å². The lowest BCUT2D eigenvalue weighted by atomic mass is 10.2. The molecule has 0 aliphatic carbocycles. The van der Waals surface area contributed by atoms with Crippen LogP contribution in [0.15, 0.2) is 60.9 Å². The first-order valence-electron chi connectivity index (χ1n) is 7.65. The SMILES string of the molecule is O=C(Nc1ccccc1F)c1cnc(Nc2cccc(C(F)(F)F)c2)cn1. The summed E-state index contributed by atoms with van der Waals surface area (Å²) in [5, 5.41) is 5.03. The minimum absolute atomic E-state index is 0.00420. The van der Waals surface area contributed by atoms with Gasteiger partial charge in [-0.1, -0.05) is 18.2 Å². The van der Waals surface area contributed by atoms with Crippen LogP contribution in [0, 0.1) is 5.82 Å². The highest BCUT2D eigenvalue weighted by Crippen LogP contribution is 2.31. The molecular weight excluding hydrogens is 364 g/mol. The summed E-state index contributed by atoms with van der Waals surface area (Å²) in [4.78, 5) is 19.9. The molecule has 138 valence electrons. The van der Waals surface area contributed by atoms with Gasteiger partial charge in [0.2, 0.25) is 0 Å². The summed E-state index contributed by atoms with van der Waals surface area (Å²) in [6.45, 7) is 0. The predicted molar refractivity (Wildman–Crippen MR) is 91.1 cm³/mol. The number of hydrogen-bond donors (Lipinski definition) is 2. The molecule has 0 saturated heterocycles. The van der Waals surface area contributed by atoms with E-state index in [1.807, 2.05) is 0 Å². The van der Waals surface area contributed by atoms with Crippen LogP contribution < -0.4 is 10.6 Å². The van der Waals surface area contributed by atoms with E-state index in [9.17, 15) is 22.4 Å². The van der Waals surface area contributed by atoms with Crippen molar-refractivity contribution in [1.29, 1.82) is 0 Å². The fraction of sp³-hybridized carbons (Fsp3) is 0.0556. The van der Waals surface area contributed by atoms with Crippen LogP contribution in [0.3, 0.4) is 0 Å². The molecular formula is C18H12F4N4O. The van der Waals surface area contributed by atoms with Gasteiger partial charge in [-0.3, -0.25) is 4.79 Å². The average molecular weight is 376 g/mol. The molecule has 2 aromatic carbocycles. The Morgan fingerprint density at radius 3 is 2.41 bits per heavy atom. The summed E-state index contributed by atoms with van der Waals surface area (Å²) in [5.74, 6) is -1.11. The summed E-state index contributed by atoms with van der Waals surface area (Å²) in [6.07, 6.45) is -2.14. The Morgan fingerprint density at radius 1 is 0.963 bits per heavy atom. The number of alkyl halides is 3. The third-order valence-corrected chi connectivity index (χ3v) is 3.47. The van der Waals surface area contributed by atoms with Gasteiger partial charge in [-0.2, -0.15) is 13.2 Å². The highest BCUT2D eigenvalue weighted by atomic mass is 19.4. The second-order valence-electron chi connectivity index (χ2n) is 5.42. The number of nitrogens with zero attached hydrogens (tertiary/aromatic N) is 2. The van der Waals surface area contributed by atoms with E-state index in [1.165, 1.54) is 36.5 Å². The predicted octanol–water partition coefficient (Wildman–Crippen LogP) is 4.63. The van der Waals surface area contributed by atoms with Crippen molar-refractivity contribution >= 4 is 23.1 Å². The zero-order chi connectivity index (χ0) is 19.4. The average Bonchev–Trinajstić information content (AvgIpc) is 2.64. The van der Waals surface area contributed by atoms with Gasteiger partial charge in [0.1, 0.15) is 17.3 Å². The standard InChI is InChI=1S/C18H12F4N4O/c19-13-6-1-2-7-14(13)26-17(27)15-9-24-16(10-23-15)25-12-5-3-4-11(8-12)18(20,21)22/h1-10H,(H,24,25)(H,26,27). The number of aromatic nitrogens is 2. The van der Waals surface area contributed by atoms with E-state index in [4.69, 9.17) is 0 Å². The summed E-state index contributed by atoms with van der Waals surface area (Å²) >= 11 is 0. The van der Waals surface area contributed by atoms with E-state index in [1.54, 1.807) is 6.07 Å². The molecule has 1 heterocycles. The Kier molecular flexibility index (Phi) is 5.02. The van der Waals surface area contributed by atoms with Gasteiger partial charge in [-0.25, -0.2) is 14.4 Å². The summed E-state index contributed by atoms with van der Waals surface area (Å²) in [5.41, 5.74) is -0.715. The molecule has 0 spiro atoms. The van der Waals surface area contributed by atoms with Crippen molar-refractivity contribution in [2.75, 3.05) is 10.6 Å². The van der Waals surface area contributed by atoms with Gasteiger partial charge in [-0.15, -0.1) is 0 Å². The molecule has 0 fully saturated rings. The Balaban J connectivity index is 1.70. The van der Waals surface area contributed by atoms with E-state index < -0.39 is 23.5 Å². The minimum Gasteiger partial charge on any atom is -0.339 e. The molecule has 0 unspecified atom stereocenters. The lowest BCUT2D eigenvalue weighted by Crippen LogP contribution is -2.15. The molecule has 0 atom stereocenters. The van der Waals surface area contributed by atoms with Crippen LogP contribution in [0.1, 0.15) is 16.1 Å². The van der Waals surface area contributed by atoms with E-state index in [0.717, 1.165) is 18.3 Å². The number of amides is 1. The van der Waals surface area contributed by atoms with Crippen LogP contribution >= 0.6 is 0 Å². The smallest absolute Gasteiger partial charge is 0.339 e. The van der Waals surface area contributed by atoms with Crippen LogP contribution in [0.25, 0.3) is 0 Å². The zero-order valence-electron chi connectivity index (χ0n) is 13.6. The van der Waals surface area contributed by atoms with Crippen molar-refractivity contribution in [2.45, 2.75) is 6.18 Å². The fourth-order valence-electron chi connectivity index (χ4n) is 2.18. The van der Waals surface area contributed by atoms with E-state index >= 15 is 0 Å². The van der Waals surface area contributed by atoms with E-state index in [0.29, 0.717) is 0 Å². The largest absolute Gasteiger partial charge is 0.416 e. The number of anilines is 3. The number of para-hydroxylation sites is 1. The third kappa shape index (κ3) is 4.57. The third-order valence-electron chi connectivity index (χ3n) is 3.47. The zero-order valence-corrected chi connectivity index (χ0v) is 13.6. The van der Waals surface area contributed by atoms with Crippen LogP contribution in [0.2, 0.25) is 0 Å². The lowest BCUT2D eigenvalue weighted by Gasteiger charge is -2.10. The quantitative estimate of drug-likeness (QED) is 0.652. The molecule has 1 amide bonds. The topological polar surface area (TPSA) is 66.9 Å². The number of hydrogen-bond acceptors (Lipinski definition) is 4. The van der Waals surface area contributed by atoms with E-state index in [2.05, 4.69) is 20.6 Å². The van der Waals surface area contributed by atoms with Crippen molar-refractivity contribution < 1.29 is 22.4 Å². The Labute approximate surface area is 151 Å². The molecule has 3 aromatic rings. The second-order valence-corrected chi connectivity index (χ2v) is 5.42. The first kappa shape index (κ1) is 18.3. The maximum Gasteiger partial charge on any atom is 0.416 e. The molecule has 0 aliphatic rings. The summed E-state index contributed by atoms with van der Waals surface area (Å²) in [6, 6.07) is 10.2. The van der Waals surface area contributed by atoms with Crippen molar-refractivity contribution in [3.05, 3.63) is 78.0 Å². The van der Waals surface area contributed by atoms with Gasteiger partial charge in [0.25, 0.3) is 5.91 Å². The molecule has 5 nitrogen and oxygen atoms in total. The summed E-state index contributed by atoms with van der Waals surface area (Å²) < 4.78 is 51.7. The summed E-state index contributed by atoms with van der Waals surface area (Å²) in [7, 11) is 0. The highest BCUT2D eigenvalue weighted by molar-refractivity contribution is 6.02. The number of benzene rings is 2. The van der Waals surface area contributed by atoms with Crippen molar-refractivity contribution in [3.8, 4) is 0 Å². The molecule has 1 aromatic heterocycles. The monoisotopic (exact) mass is 376 g/mol. The number of nitrogens with one attached hydrogen (secondary N) is 2. The van der Waals surface area contributed by atoms with Gasteiger partial charge >= 0.3 is 6.18 Å². The molecule has 0 bridgehead atoms. The van der Waals surface area contributed by atoms with Gasteiger partial charge in [0, 0.05) is 5.69 Å². The Hall–Kier alpha value is -3.49. The van der Waals surface area contributed by atoms with Gasteiger partial charge in [0.05, 0.1) is 23.6 Å². The van der Waals surface area contributed by atoms with E-state index in [-0.39, 0.29) is 22.9 Å². The van der Waals surface area contributed by atoms with Gasteiger partial charge in [0.15, 0.2) is 0 Å². The van der Waals surface area contributed by atoms with Crippen LogP contribution in [-0.4, -0.2) is 15.9 Å². The number of carbonyl (C=O) groups excluding carboxylic acids is 1. The van der Waals surface area contributed by atoms with Gasteiger partial charge in [-0.05, 0) is 30.3 Å². The first-order valence-corrected chi connectivity index (χ1v) is 7.65.